The number of nitrogen functional groups attached to an aromatic ring is 1. The molecule has 13 heavy (non-hydrogen) atoms. The normalized spacial score (nSPS) is 10.5. The van der Waals surface area contributed by atoms with Crippen molar-refractivity contribution in [2.75, 3.05) is 5.73 Å². The summed E-state index contributed by atoms with van der Waals surface area (Å²) < 4.78 is 0. The van der Waals surface area contributed by atoms with E-state index in [2.05, 4.69) is 9.97 Å². The van der Waals surface area contributed by atoms with E-state index in [9.17, 15) is 10.1 Å². The largest absolute Gasteiger partial charge is 0.369 e. The zero-order valence-electron chi connectivity index (χ0n) is 6.52. The SMILES string of the molecule is Nc1nc2c([N+](=O)[O-])cccc2[nH]1. The second kappa shape index (κ2) is 2.44. The summed E-state index contributed by atoms with van der Waals surface area (Å²) >= 11 is 0. The topological polar surface area (TPSA) is 97.8 Å². The summed E-state index contributed by atoms with van der Waals surface area (Å²) in [6, 6.07) is 4.66. The number of nitrogens with zero attached hydrogens (tertiary/aromatic N) is 2. The van der Waals surface area contributed by atoms with Gasteiger partial charge in [0.2, 0.25) is 0 Å². The molecule has 66 valence electrons. The molecule has 0 radical (unpaired) electrons. The van der Waals surface area contributed by atoms with Crippen LogP contribution in [0.1, 0.15) is 0 Å². The highest BCUT2D eigenvalue weighted by Gasteiger charge is 2.13. The molecule has 0 aliphatic heterocycles. The average Bonchev–Trinajstić information content (AvgIpc) is 2.43. The van der Waals surface area contributed by atoms with E-state index < -0.39 is 4.92 Å². The third kappa shape index (κ3) is 1.08. The van der Waals surface area contributed by atoms with Crippen molar-refractivity contribution in [1.29, 1.82) is 0 Å². The first-order valence-corrected chi connectivity index (χ1v) is 3.57. The smallest absolute Gasteiger partial charge is 0.297 e. The van der Waals surface area contributed by atoms with E-state index in [0.29, 0.717) is 11.0 Å². The molecule has 0 saturated carbocycles. The Balaban J connectivity index is 2.82. The molecule has 1 heterocycles. The van der Waals surface area contributed by atoms with Crippen molar-refractivity contribution in [2.45, 2.75) is 0 Å². The average molecular weight is 178 g/mol. The van der Waals surface area contributed by atoms with Crippen LogP contribution in [0.3, 0.4) is 0 Å². The Morgan fingerprint density at radius 1 is 1.54 bits per heavy atom. The summed E-state index contributed by atoms with van der Waals surface area (Å²) in [4.78, 5) is 16.6. The summed E-state index contributed by atoms with van der Waals surface area (Å²) in [5, 5.41) is 10.5. The number of aromatic nitrogens is 2. The number of aromatic amines is 1. The molecule has 3 N–H and O–H groups in total. The van der Waals surface area contributed by atoms with Crippen molar-refractivity contribution in [1.82, 2.24) is 9.97 Å². The van der Waals surface area contributed by atoms with Crippen molar-refractivity contribution in [3.8, 4) is 0 Å². The summed E-state index contributed by atoms with van der Waals surface area (Å²) in [7, 11) is 0. The van der Waals surface area contributed by atoms with Gasteiger partial charge in [-0.3, -0.25) is 10.1 Å². The first-order chi connectivity index (χ1) is 6.18. The van der Waals surface area contributed by atoms with Gasteiger partial charge in [-0.05, 0) is 6.07 Å². The number of anilines is 1. The van der Waals surface area contributed by atoms with Gasteiger partial charge in [0.25, 0.3) is 5.69 Å². The third-order valence-corrected chi connectivity index (χ3v) is 1.71. The van der Waals surface area contributed by atoms with Crippen molar-refractivity contribution in [3.05, 3.63) is 28.3 Å². The summed E-state index contributed by atoms with van der Waals surface area (Å²) in [6.45, 7) is 0. The Kier molecular flexibility index (Phi) is 1.42. The summed E-state index contributed by atoms with van der Waals surface area (Å²) in [6.07, 6.45) is 0. The van der Waals surface area contributed by atoms with Crippen LogP contribution in [0, 0.1) is 10.1 Å². The molecule has 2 rings (SSSR count). The lowest BCUT2D eigenvalue weighted by molar-refractivity contribution is -0.383. The Bertz CT molecular complexity index is 476. The van der Waals surface area contributed by atoms with Crippen molar-refractivity contribution in [2.24, 2.45) is 0 Å². The number of H-pyrrole nitrogens is 1. The number of hydrogen-bond acceptors (Lipinski definition) is 4. The monoisotopic (exact) mass is 178 g/mol. The Labute approximate surface area is 72.5 Å². The molecule has 0 aliphatic carbocycles. The maximum atomic E-state index is 10.5. The molecule has 0 bridgehead atoms. The van der Waals surface area contributed by atoms with E-state index in [1.165, 1.54) is 6.07 Å². The van der Waals surface area contributed by atoms with Crippen LogP contribution >= 0.6 is 0 Å². The number of para-hydroxylation sites is 1. The molecule has 0 spiro atoms. The van der Waals surface area contributed by atoms with E-state index in [1.54, 1.807) is 12.1 Å². The molecular weight excluding hydrogens is 172 g/mol. The quantitative estimate of drug-likeness (QED) is 0.503. The molecule has 0 aliphatic rings. The molecule has 0 amide bonds. The van der Waals surface area contributed by atoms with Crippen molar-refractivity contribution < 1.29 is 4.92 Å². The van der Waals surface area contributed by atoms with E-state index in [1.807, 2.05) is 0 Å². The molecule has 0 saturated heterocycles. The molecule has 0 fully saturated rings. The number of nitro groups is 1. The Morgan fingerprint density at radius 2 is 2.31 bits per heavy atom. The van der Waals surface area contributed by atoms with Gasteiger partial charge in [0, 0.05) is 6.07 Å². The Hall–Kier alpha value is -2.11. The van der Waals surface area contributed by atoms with Gasteiger partial charge in [0.15, 0.2) is 11.5 Å². The molecule has 0 unspecified atom stereocenters. The van der Waals surface area contributed by atoms with Crippen LogP contribution in [-0.4, -0.2) is 14.9 Å². The van der Waals surface area contributed by atoms with Crippen LogP contribution in [0.15, 0.2) is 18.2 Å². The van der Waals surface area contributed by atoms with Crippen molar-refractivity contribution in [3.63, 3.8) is 0 Å². The molecular formula is C7H6N4O2. The Morgan fingerprint density at radius 3 is 3.00 bits per heavy atom. The molecule has 0 atom stereocenters. The minimum Gasteiger partial charge on any atom is -0.369 e. The highest BCUT2D eigenvalue weighted by atomic mass is 16.6. The van der Waals surface area contributed by atoms with Crippen LogP contribution in [0.5, 0.6) is 0 Å². The second-order valence-corrected chi connectivity index (χ2v) is 2.55. The fraction of sp³-hybridized carbons (Fsp3) is 0. The molecule has 1 aromatic carbocycles. The highest BCUT2D eigenvalue weighted by molar-refractivity contribution is 5.85. The lowest BCUT2D eigenvalue weighted by Gasteiger charge is -1.90. The second-order valence-electron chi connectivity index (χ2n) is 2.55. The fourth-order valence-electron chi connectivity index (χ4n) is 1.18. The number of benzene rings is 1. The number of hydrogen-bond donors (Lipinski definition) is 2. The predicted molar refractivity (Wildman–Crippen MR) is 47.2 cm³/mol. The van der Waals surface area contributed by atoms with E-state index in [4.69, 9.17) is 5.73 Å². The van der Waals surface area contributed by atoms with Gasteiger partial charge in [-0.25, -0.2) is 4.98 Å². The van der Waals surface area contributed by atoms with Crippen LogP contribution in [0.25, 0.3) is 11.0 Å². The highest BCUT2D eigenvalue weighted by Crippen LogP contribution is 2.23. The molecule has 2 aromatic rings. The summed E-state index contributed by atoms with van der Waals surface area (Å²) in [5.74, 6) is 0.185. The van der Waals surface area contributed by atoms with Gasteiger partial charge in [0.05, 0.1) is 10.4 Å². The lowest BCUT2D eigenvalue weighted by Crippen LogP contribution is -1.89. The van der Waals surface area contributed by atoms with E-state index in [-0.39, 0.29) is 11.6 Å². The first-order valence-electron chi connectivity index (χ1n) is 3.57. The van der Waals surface area contributed by atoms with E-state index in [0.717, 1.165) is 0 Å². The predicted octanol–water partition coefficient (Wildman–Crippen LogP) is 1.05. The number of fused-ring (bicyclic) bond motifs is 1. The third-order valence-electron chi connectivity index (χ3n) is 1.71. The number of nitrogens with two attached hydrogens (primary N) is 1. The number of nitro benzene ring substituents is 1. The number of rotatable bonds is 1. The summed E-state index contributed by atoms with van der Waals surface area (Å²) in [5.41, 5.74) is 6.21. The molecule has 1 aromatic heterocycles. The van der Waals surface area contributed by atoms with Crippen LogP contribution < -0.4 is 5.73 Å². The maximum Gasteiger partial charge on any atom is 0.297 e. The van der Waals surface area contributed by atoms with Gasteiger partial charge < -0.3 is 10.7 Å². The van der Waals surface area contributed by atoms with Crippen LogP contribution in [0.2, 0.25) is 0 Å². The number of nitrogens with one attached hydrogen (secondary N) is 1. The molecule has 6 nitrogen and oxygen atoms in total. The standard InChI is InChI=1S/C7H6N4O2/c8-7-9-4-2-1-3-5(11(12)13)6(4)10-7/h1-3H,(H3,8,9,10). The number of non-ortho nitro benzene ring substituents is 1. The van der Waals surface area contributed by atoms with Gasteiger partial charge >= 0.3 is 0 Å². The van der Waals surface area contributed by atoms with Crippen molar-refractivity contribution >= 4 is 22.7 Å². The van der Waals surface area contributed by atoms with Gasteiger partial charge in [-0.2, -0.15) is 0 Å². The fourth-order valence-corrected chi connectivity index (χ4v) is 1.18. The number of imidazole rings is 1. The minimum atomic E-state index is -0.484. The van der Waals surface area contributed by atoms with E-state index >= 15 is 0 Å². The lowest BCUT2D eigenvalue weighted by atomic mass is 10.3. The maximum absolute atomic E-state index is 10.5. The van der Waals surface area contributed by atoms with Crippen LogP contribution in [0.4, 0.5) is 11.6 Å². The first kappa shape index (κ1) is 7.53. The van der Waals surface area contributed by atoms with Gasteiger partial charge in [-0.1, -0.05) is 6.07 Å². The molecule has 6 heteroatoms. The zero-order chi connectivity index (χ0) is 9.42. The minimum absolute atomic E-state index is 0.0366. The zero-order valence-corrected chi connectivity index (χ0v) is 6.52. The van der Waals surface area contributed by atoms with Crippen LogP contribution in [-0.2, 0) is 0 Å². The van der Waals surface area contributed by atoms with Gasteiger partial charge in [0.1, 0.15) is 0 Å². The van der Waals surface area contributed by atoms with Gasteiger partial charge in [-0.15, -0.1) is 0 Å².